The number of hydrogen-bond donors (Lipinski definition) is 2. The fourth-order valence-corrected chi connectivity index (χ4v) is 3.53. The first-order valence-corrected chi connectivity index (χ1v) is 7.90. The Morgan fingerprint density at radius 3 is 3.05 bits per heavy atom. The van der Waals surface area contributed by atoms with Gasteiger partial charge in [-0.3, -0.25) is 4.90 Å². The van der Waals surface area contributed by atoms with Crippen molar-refractivity contribution in [1.82, 2.24) is 14.9 Å². The zero-order valence-corrected chi connectivity index (χ0v) is 12.2. The van der Waals surface area contributed by atoms with E-state index in [0.29, 0.717) is 6.04 Å². The quantitative estimate of drug-likeness (QED) is 0.868. The molecule has 5 heteroatoms. The van der Waals surface area contributed by atoms with Crippen LogP contribution in [0.1, 0.15) is 56.3 Å². The number of aromatic nitrogens is 2. The molecule has 1 aromatic heterocycles. The van der Waals surface area contributed by atoms with Crippen molar-refractivity contribution in [2.45, 2.75) is 51.5 Å². The Morgan fingerprint density at radius 2 is 2.20 bits per heavy atom. The number of anilines is 1. The van der Waals surface area contributed by atoms with Crippen molar-refractivity contribution >= 4 is 5.82 Å². The predicted octanol–water partition coefficient (Wildman–Crippen LogP) is 2.06. The van der Waals surface area contributed by atoms with Crippen molar-refractivity contribution in [2.75, 3.05) is 25.0 Å². The molecule has 0 saturated carbocycles. The number of piperidine rings is 1. The topological polar surface area (TPSA) is 61.0 Å². The van der Waals surface area contributed by atoms with Crippen molar-refractivity contribution < 1.29 is 0 Å². The second-order valence-corrected chi connectivity index (χ2v) is 5.81. The summed E-state index contributed by atoms with van der Waals surface area (Å²) >= 11 is 0. The van der Waals surface area contributed by atoms with Crippen molar-refractivity contribution in [3.63, 3.8) is 0 Å². The van der Waals surface area contributed by atoms with Crippen LogP contribution in [0.5, 0.6) is 0 Å². The third-order valence-corrected chi connectivity index (χ3v) is 4.56. The molecule has 1 atom stereocenters. The molecular weight excluding hydrogens is 252 g/mol. The minimum atomic E-state index is -0.213. The van der Waals surface area contributed by atoms with Crippen molar-refractivity contribution in [3.05, 3.63) is 21.7 Å². The van der Waals surface area contributed by atoms with Crippen LogP contribution in [0, 0.1) is 0 Å². The standard InChI is InChI=1S/C15H24N4O/c1-2-19-10-6-4-8-12(19)13-11-7-3-5-9-16-14(11)18-15(20)17-13/h12H,2-10H2,1H3,(H2,16,17,18,20). The molecule has 0 bridgehead atoms. The average Bonchev–Trinajstić information content (AvgIpc) is 2.71. The van der Waals surface area contributed by atoms with Gasteiger partial charge in [0.05, 0.1) is 6.04 Å². The summed E-state index contributed by atoms with van der Waals surface area (Å²) in [7, 11) is 0. The SMILES string of the molecule is CCN1CCCCC1c1[nH]c(=O)nc2c1CCCCN2. The Kier molecular flexibility index (Phi) is 4.05. The normalized spacial score (nSPS) is 23.8. The first-order valence-electron chi connectivity index (χ1n) is 7.90. The Bertz CT molecular complexity index is 525. The fourth-order valence-electron chi connectivity index (χ4n) is 3.53. The molecule has 3 rings (SSSR count). The van der Waals surface area contributed by atoms with Crippen LogP contribution in [-0.2, 0) is 6.42 Å². The number of hydrogen-bond acceptors (Lipinski definition) is 4. The van der Waals surface area contributed by atoms with Crippen LogP contribution in [0.3, 0.4) is 0 Å². The lowest BCUT2D eigenvalue weighted by Gasteiger charge is -2.35. The summed E-state index contributed by atoms with van der Waals surface area (Å²) in [5.41, 5.74) is 2.15. The highest BCUT2D eigenvalue weighted by Crippen LogP contribution is 2.33. The second-order valence-electron chi connectivity index (χ2n) is 5.81. The third-order valence-electron chi connectivity index (χ3n) is 4.56. The van der Waals surface area contributed by atoms with E-state index in [4.69, 9.17) is 0 Å². The van der Waals surface area contributed by atoms with Gasteiger partial charge in [0.1, 0.15) is 5.82 Å². The number of nitrogens with one attached hydrogen (secondary N) is 2. The van der Waals surface area contributed by atoms with E-state index < -0.39 is 0 Å². The van der Waals surface area contributed by atoms with Crippen LogP contribution in [-0.4, -0.2) is 34.5 Å². The summed E-state index contributed by atoms with van der Waals surface area (Å²) in [5, 5.41) is 3.33. The van der Waals surface area contributed by atoms with E-state index in [2.05, 4.69) is 27.1 Å². The molecule has 5 nitrogen and oxygen atoms in total. The summed E-state index contributed by atoms with van der Waals surface area (Å²) in [6.07, 6.45) is 6.98. The number of rotatable bonds is 2. The molecule has 2 aliphatic heterocycles. The van der Waals surface area contributed by atoms with E-state index in [1.54, 1.807) is 0 Å². The molecule has 1 saturated heterocycles. The highest BCUT2D eigenvalue weighted by Gasteiger charge is 2.27. The third kappa shape index (κ3) is 2.59. The maximum atomic E-state index is 11.9. The number of nitrogens with zero attached hydrogens (tertiary/aromatic N) is 2. The first-order chi connectivity index (χ1) is 9.79. The molecule has 1 unspecified atom stereocenters. The predicted molar refractivity (Wildman–Crippen MR) is 80.1 cm³/mol. The van der Waals surface area contributed by atoms with Crippen LogP contribution in [0.4, 0.5) is 5.82 Å². The van der Waals surface area contributed by atoms with Gasteiger partial charge in [-0.15, -0.1) is 0 Å². The molecule has 0 aliphatic carbocycles. The molecule has 1 aromatic rings. The molecule has 0 amide bonds. The van der Waals surface area contributed by atoms with Gasteiger partial charge < -0.3 is 10.3 Å². The average molecular weight is 276 g/mol. The maximum absolute atomic E-state index is 11.9. The largest absolute Gasteiger partial charge is 0.370 e. The van der Waals surface area contributed by atoms with Crippen LogP contribution in [0.15, 0.2) is 4.79 Å². The van der Waals surface area contributed by atoms with Crippen LogP contribution >= 0.6 is 0 Å². The van der Waals surface area contributed by atoms with Crippen molar-refractivity contribution in [3.8, 4) is 0 Å². The molecule has 110 valence electrons. The Balaban J connectivity index is 2.03. The minimum absolute atomic E-state index is 0.213. The van der Waals surface area contributed by atoms with Gasteiger partial charge in [-0.1, -0.05) is 13.3 Å². The Labute approximate surface area is 119 Å². The number of likely N-dealkylation sites (tertiary alicyclic amines) is 1. The summed E-state index contributed by atoms with van der Waals surface area (Å²) < 4.78 is 0. The van der Waals surface area contributed by atoms with Crippen LogP contribution < -0.4 is 11.0 Å². The number of fused-ring (bicyclic) bond motifs is 1. The molecule has 0 radical (unpaired) electrons. The smallest absolute Gasteiger partial charge is 0.347 e. The van der Waals surface area contributed by atoms with E-state index in [9.17, 15) is 4.79 Å². The molecular formula is C15H24N4O. The molecule has 2 N–H and O–H groups in total. The van der Waals surface area contributed by atoms with Gasteiger partial charge in [-0.25, -0.2) is 4.79 Å². The molecule has 2 aliphatic rings. The van der Waals surface area contributed by atoms with E-state index in [1.807, 2.05) is 0 Å². The monoisotopic (exact) mass is 276 g/mol. The number of aromatic amines is 1. The van der Waals surface area contributed by atoms with Gasteiger partial charge in [0.15, 0.2) is 0 Å². The van der Waals surface area contributed by atoms with E-state index in [0.717, 1.165) is 50.4 Å². The molecule has 1 fully saturated rings. The van der Waals surface area contributed by atoms with Gasteiger partial charge in [-0.05, 0) is 45.2 Å². The highest BCUT2D eigenvalue weighted by molar-refractivity contribution is 5.47. The van der Waals surface area contributed by atoms with Gasteiger partial charge in [0.2, 0.25) is 0 Å². The lowest BCUT2D eigenvalue weighted by atomic mass is 9.94. The molecule has 3 heterocycles. The zero-order chi connectivity index (χ0) is 13.9. The van der Waals surface area contributed by atoms with E-state index in [-0.39, 0.29) is 5.69 Å². The van der Waals surface area contributed by atoms with Gasteiger partial charge in [-0.2, -0.15) is 4.98 Å². The number of H-pyrrole nitrogens is 1. The van der Waals surface area contributed by atoms with E-state index in [1.165, 1.54) is 24.8 Å². The second kappa shape index (κ2) is 5.95. The molecule has 0 spiro atoms. The summed E-state index contributed by atoms with van der Waals surface area (Å²) in [5.74, 6) is 0.822. The van der Waals surface area contributed by atoms with Crippen LogP contribution in [0.25, 0.3) is 0 Å². The van der Waals surface area contributed by atoms with Crippen molar-refractivity contribution in [2.24, 2.45) is 0 Å². The van der Waals surface area contributed by atoms with Gasteiger partial charge >= 0.3 is 5.69 Å². The zero-order valence-electron chi connectivity index (χ0n) is 12.2. The highest BCUT2D eigenvalue weighted by atomic mass is 16.1. The minimum Gasteiger partial charge on any atom is -0.370 e. The van der Waals surface area contributed by atoms with Gasteiger partial charge in [0.25, 0.3) is 0 Å². The maximum Gasteiger partial charge on any atom is 0.347 e. The molecule has 0 aromatic carbocycles. The van der Waals surface area contributed by atoms with Gasteiger partial charge in [0, 0.05) is 17.8 Å². The fraction of sp³-hybridized carbons (Fsp3) is 0.733. The lowest BCUT2D eigenvalue weighted by Crippen LogP contribution is -2.35. The summed E-state index contributed by atoms with van der Waals surface area (Å²) in [4.78, 5) is 21.6. The summed E-state index contributed by atoms with van der Waals surface area (Å²) in [6, 6.07) is 0.359. The summed E-state index contributed by atoms with van der Waals surface area (Å²) in [6.45, 7) is 5.30. The van der Waals surface area contributed by atoms with Crippen molar-refractivity contribution in [1.29, 1.82) is 0 Å². The van der Waals surface area contributed by atoms with E-state index >= 15 is 0 Å². The Hall–Kier alpha value is -1.36. The van der Waals surface area contributed by atoms with Crippen LogP contribution in [0.2, 0.25) is 0 Å². The lowest BCUT2D eigenvalue weighted by molar-refractivity contribution is 0.152. The Morgan fingerprint density at radius 1 is 1.30 bits per heavy atom. The molecule has 20 heavy (non-hydrogen) atoms. The first kappa shape index (κ1) is 13.6.